The molecule has 92 valence electrons. The number of rotatable bonds is 7. The van der Waals surface area contributed by atoms with Crippen LogP contribution in [0.15, 0.2) is 17.5 Å². The van der Waals surface area contributed by atoms with Crippen LogP contribution in [0.25, 0.3) is 0 Å². The van der Waals surface area contributed by atoms with Crippen molar-refractivity contribution in [3.8, 4) is 0 Å². The topological polar surface area (TPSA) is 12.0 Å². The largest absolute Gasteiger partial charge is 0.314 e. The molecule has 0 spiro atoms. The molecule has 1 aromatic rings. The first-order valence-corrected chi connectivity index (χ1v) is 7.23. The Morgan fingerprint density at radius 1 is 1.25 bits per heavy atom. The minimum absolute atomic E-state index is 0.600. The number of hydrogen-bond acceptors (Lipinski definition) is 2. The van der Waals surface area contributed by atoms with E-state index >= 15 is 0 Å². The third kappa shape index (κ3) is 5.13. The molecule has 1 rings (SSSR count). The molecule has 1 aromatic heterocycles. The summed E-state index contributed by atoms with van der Waals surface area (Å²) in [5.41, 5.74) is 0. The van der Waals surface area contributed by atoms with Crippen molar-refractivity contribution in [3.05, 3.63) is 22.4 Å². The molecule has 0 bridgehead atoms. The molecule has 16 heavy (non-hydrogen) atoms. The van der Waals surface area contributed by atoms with Gasteiger partial charge in [0.1, 0.15) is 0 Å². The van der Waals surface area contributed by atoms with Crippen molar-refractivity contribution < 1.29 is 0 Å². The summed E-state index contributed by atoms with van der Waals surface area (Å²) in [7, 11) is 0. The fraction of sp³-hybridized carbons (Fsp3) is 0.714. The highest BCUT2D eigenvalue weighted by Gasteiger charge is 2.13. The average molecular weight is 239 g/mol. The number of hydrogen-bond donors (Lipinski definition) is 1. The predicted octanol–water partition coefficient (Wildman–Crippen LogP) is 3.95. The normalized spacial score (nSPS) is 13.6. The van der Waals surface area contributed by atoms with Crippen LogP contribution in [0.1, 0.15) is 39.0 Å². The molecule has 0 amide bonds. The van der Waals surface area contributed by atoms with E-state index in [1.165, 1.54) is 17.7 Å². The molecule has 0 saturated heterocycles. The lowest BCUT2D eigenvalue weighted by Crippen LogP contribution is -2.31. The maximum Gasteiger partial charge on any atom is 0.00453 e. The van der Waals surface area contributed by atoms with Crippen molar-refractivity contribution in [1.29, 1.82) is 0 Å². The summed E-state index contributed by atoms with van der Waals surface area (Å²) in [5, 5.41) is 5.73. The summed E-state index contributed by atoms with van der Waals surface area (Å²) in [6, 6.07) is 5.00. The maximum absolute atomic E-state index is 3.56. The first-order valence-electron chi connectivity index (χ1n) is 6.35. The van der Waals surface area contributed by atoms with Crippen LogP contribution in [0, 0.1) is 11.8 Å². The van der Waals surface area contributed by atoms with E-state index < -0.39 is 0 Å². The molecule has 1 nitrogen and oxygen atoms in total. The summed E-state index contributed by atoms with van der Waals surface area (Å²) < 4.78 is 0. The van der Waals surface area contributed by atoms with Gasteiger partial charge in [0.25, 0.3) is 0 Å². The smallest absolute Gasteiger partial charge is 0.00453 e. The third-order valence-electron chi connectivity index (χ3n) is 3.07. The minimum Gasteiger partial charge on any atom is -0.314 e. The number of nitrogens with one attached hydrogen (secondary N) is 1. The van der Waals surface area contributed by atoms with E-state index in [0.29, 0.717) is 6.04 Å². The summed E-state index contributed by atoms with van der Waals surface area (Å²) in [6.07, 6.45) is 2.54. The Balaban J connectivity index is 2.33. The second kappa shape index (κ2) is 7.08. The lowest BCUT2D eigenvalue weighted by atomic mass is 9.90. The van der Waals surface area contributed by atoms with Gasteiger partial charge in [0, 0.05) is 10.9 Å². The molecule has 0 aliphatic carbocycles. The van der Waals surface area contributed by atoms with Crippen LogP contribution in [0.2, 0.25) is 0 Å². The third-order valence-corrected chi connectivity index (χ3v) is 4.01. The van der Waals surface area contributed by atoms with Gasteiger partial charge in [-0.15, -0.1) is 11.3 Å². The molecular formula is C14H25NS. The van der Waals surface area contributed by atoms with Crippen LogP contribution in [0.5, 0.6) is 0 Å². The maximum atomic E-state index is 3.56. The molecule has 0 fully saturated rings. The van der Waals surface area contributed by atoms with Crippen molar-refractivity contribution in [1.82, 2.24) is 5.32 Å². The van der Waals surface area contributed by atoms with Crippen molar-refractivity contribution in [2.45, 2.75) is 46.6 Å². The Labute approximate surface area is 104 Å². The van der Waals surface area contributed by atoms with Gasteiger partial charge < -0.3 is 5.32 Å². The SMILES string of the molecule is CC(C)NCC(CCc1cccs1)C(C)C. The van der Waals surface area contributed by atoms with Gasteiger partial charge in [-0.3, -0.25) is 0 Å². The summed E-state index contributed by atoms with van der Waals surface area (Å²) in [5.74, 6) is 1.57. The first kappa shape index (κ1) is 13.7. The van der Waals surface area contributed by atoms with Gasteiger partial charge in [-0.05, 0) is 42.7 Å². The Morgan fingerprint density at radius 2 is 2.00 bits per heavy atom. The molecule has 1 N–H and O–H groups in total. The van der Waals surface area contributed by atoms with Crippen LogP contribution < -0.4 is 5.32 Å². The molecule has 1 heterocycles. The second-order valence-electron chi connectivity index (χ2n) is 5.19. The highest BCUT2D eigenvalue weighted by Crippen LogP contribution is 2.19. The molecule has 0 aliphatic rings. The molecule has 0 aromatic carbocycles. The van der Waals surface area contributed by atoms with Gasteiger partial charge in [-0.25, -0.2) is 0 Å². The van der Waals surface area contributed by atoms with E-state index in [1.807, 2.05) is 11.3 Å². The van der Waals surface area contributed by atoms with Crippen LogP contribution in [0.3, 0.4) is 0 Å². The number of thiophene rings is 1. The van der Waals surface area contributed by atoms with Gasteiger partial charge in [0.05, 0.1) is 0 Å². The molecule has 2 heteroatoms. The van der Waals surface area contributed by atoms with Crippen molar-refractivity contribution in [2.24, 2.45) is 11.8 Å². The number of aryl methyl sites for hydroxylation is 1. The summed E-state index contributed by atoms with van der Waals surface area (Å²) in [6.45, 7) is 10.3. The van der Waals surface area contributed by atoms with E-state index in [9.17, 15) is 0 Å². The summed E-state index contributed by atoms with van der Waals surface area (Å²) >= 11 is 1.88. The highest BCUT2D eigenvalue weighted by molar-refractivity contribution is 7.09. The Morgan fingerprint density at radius 3 is 2.50 bits per heavy atom. The fourth-order valence-electron chi connectivity index (χ4n) is 1.84. The lowest BCUT2D eigenvalue weighted by Gasteiger charge is -2.22. The Bertz CT molecular complexity index is 264. The zero-order valence-electron chi connectivity index (χ0n) is 11.0. The lowest BCUT2D eigenvalue weighted by molar-refractivity contribution is 0.332. The van der Waals surface area contributed by atoms with Gasteiger partial charge in [-0.1, -0.05) is 33.8 Å². The van der Waals surface area contributed by atoms with E-state index in [0.717, 1.165) is 18.4 Å². The first-order chi connectivity index (χ1) is 7.59. The molecule has 1 unspecified atom stereocenters. The molecule has 0 saturated carbocycles. The van der Waals surface area contributed by atoms with Gasteiger partial charge in [-0.2, -0.15) is 0 Å². The van der Waals surface area contributed by atoms with E-state index in [2.05, 4.69) is 50.5 Å². The monoisotopic (exact) mass is 239 g/mol. The zero-order valence-corrected chi connectivity index (χ0v) is 11.8. The molecule has 0 aliphatic heterocycles. The predicted molar refractivity (Wildman–Crippen MR) is 74.1 cm³/mol. The van der Waals surface area contributed by atoms with Crippen LogP contribution in [-0.2, 0) is 6.42 Å². The fourth-order valence-corrected chi connectivity index (χ4v) is 2.57. The van der Waals surface area contributed by atoms with Crippen molar-refractivity contribution in [2.75, 3.05) is 6.54 Å². The van der Waals surface area contributed by atoms with Crippen LogP contribution in [0.4, 0.5) is 0 Å². The molecule has 0 radical (unpaired) electrons. The van der Waals surface area contributed by atoms with Crippen LogP contribution >= 0.6 is 11.3 Å². The van der Waals surface area contributed by atoms with E-state index in [1.54, 1.807) is 0 Å². The standard InChI is InChI=1S/C14H25NS/c1-11(2)13(10-15-12(3)4)7-8-14-6-5-9-16-14/h5-6,9,11-13,15H,7-8,10H2,1-4H3. The van der Waals surface area contributed by atoms with Gasteiger partial charge in [0.15, 0.2) is 0 Å². The average Bonchev–Trinajstić information content (AvgIpc) is 2.69. The van der Waals surface area contributed by atoms with Crippen molar-refractivity contribution >= 4 is 11.3 Å². The molecule has 1 atom stereocenters. The van der Waals surface area contributed by atoms with E-state index in [-0.39, 0.29) is 0 Å². The van der Waals surface area contributed by atoms with Gasteiger partial charge in [0.2, 0.25) is 0 Å². The zero-order chi connectivity index (χ0) is 12.0. The van der Waals surface area contributed by atoms with Crippen molar-refractivity contribution in [3.63, 3.8) is 0 Å². The Hall–Kier alpha value is -0.340. The Kier molecular flexibility index (Phi) is 6.07. The van der Waals surface area contributed by atoms with Crippen LogP contribution in [-0.4, -0.2) is 12.6 Å². The van der Waals surface area contributed by atoms with E-state index in [4.69, 9.17) is 0 Å². The highest BCUT2D eigenvalue weighted by atomic mass is 32.1. The van der Waals surface area contributed by atoms with Gasteiger partial charge >= 0.3 is 0 Å². The second-order valence-corrected chi connectivity index (χ2v) is 6.22. The quantitative estimate of drug-likeness (QED) is 0.759. The minimum atomic E-state index is 0.600. The molecular weight excluding hydrogens is 214 g/mol. The summed E-state index contributed by atoms with van der Waals surface area (Å²) in [4.78, 5) is 1.52.